The summed E-state index contributed by atoms with van der Waals surface area (Å²) in [4.78, 5) is 12.4. The normalized spacial score (nSPS) is 23.3. The van der Waals surface area contributed by atoms with Crippen molar-refractivity contribution < 1.29 is 4.79 Å². The van der Waals surface area contributed by atoms with E-state index >= 15 is 0 Å². The van der Waals surface area contributed by atoms with E-state index in [1.54, 1.807) is 0 Å². The maximum Gasteiger partial charge on any atom is 0.140 e. The maximum atomic E-state index is 12.4. The number of rotatable bonds is 4. The molecule has 0 amide bonds. The molecule has 1 heteroatoms. The van der Waals surface area contributed by atoms with Crippen molar-refractivity contribution >= 4 is 5.78 Å². The second-order valence-corrected chi connectivity index (χ2v) is 6.20. The van der Waals surface area contributed by atoms with Crippen molar-refractivity contribution in [1.82, 2.24) is 0 Å². The average molecular weight is 258 g/mol. The Hall–Kier alpha value is -1.11. The van der Waals surface area contributed by atoms with Crippen LogP contribution >= 0.6 is 0 Å². The molecular formula is C18H26O. The fraction of sp³-hybridized carbons (Fsp3) is 0.611. The Morgan fingerprint density at radius 3 is 2.47 bits per heavy atom. The number of hydrogen-bond acceptors (Lipinski definition) is 1. The van der Waals surface area contributed by atoms with Gasteiger partial charge in [-0.1, -0.05) is 37.1 Å². The van der Waals surface area contributed by atoms with Gasteiger partial charge in [-0.3, -0.25) is 4.79 Å². The zero-order valence-electron chi connectivity index (χ0n) is 12.5. The van der Waals surface area contributed by atoms with Crippen LogP contribution in [0.2, 0.25) is 0 Å². The molecule has 1 aliphatic rings. The lowest BCUT2D eigenvalue weighted by molar-refractivity contribution is -0.123. The Kier molecular flexibility index (Phi) is 4.79. The zero-order valence-corrected chi connectivity index (χ0v) is 12.5. The lowest BCUT2D eigenvalue weighted by Crippen LogP contribution is -2.23. The molecule has 1 aromatic rings. The maximum absolute atomic E-state index is 12.4. The van der Waals surface area contributed by atoms with Gasteiger partial charge in [0.2, 0.25) is 0 Å². The molecule has 1 saturated carbocycles. The summed E-state index contributed by atoms with van der Waals surface area (Å²) in [5, 5.41) is 0. The highest BCUT2D eigenvalue weighted by molar-refractivity contribution is 5.83. The van der Waals surface area contributed by atoms with Crippen molar-refractivity contribution in [3.63, 3.8) is 0 Å². The third-order valence-corrected chi connectivity index (χ3v) is 4.75. The van der Waals surface area contributed by atoms with Gasteiger partial charge in [0, 0.05) is 12.3 Å². The van der Waals surface area contributed by atoms with Crippen molar-refractivity contribution in [2.24, 2.45) is 11.8 Å². The third-order valence-electron chi connectivity index (χ3n) is 4.75. The van der Waals surface area contributed by atoms with Gasteiger partial charge in [-0.25, -0.2) is 0 Å². The zero-order chi connectivity index (χ0) is 13.8. The predicted octanol–water partition coefficient (Wildman–Crippen LogP) is 4.63. The number of carbonyl (C=O) groups is 1. The van der Waals surface area contributed by atoms with Crippen LogP contribution in [0.3, 0.4) is 0 Å². The molecule has 0 heterocycles. The largest absolute Gasteiger partial charge is 0.299 e. The molecule has 1 nitrogen and oxygen atoms in total. The molecule has 0 N–H and O–H groups in total. The molecule has 1 aromatic carbocycles. The fourth-order valence-electron chi connectivity index (χ4n) is 3.22. The van der Waals surface area contributed by atoms with Crippen LogP contribution in [0, 0.1) is 25.7 Å². The first-order valence-corrected chi connectivity index (χ1v) is 7.69. The van der Waals surface area contributed by atoms with Gasteiger partial charge in [0.05, 0.1) is 0 Å². The van der Waals surface area contributed by atoms with Gasteiger partial charge in [-0.2, -0.15) is 0 Å². The van der Waals surface area contributed by atoms with Crippen molar-refractivity contribution in [3.05, 3.63) is 34.9 Å². The van der Waals surface area contributed by atoms with Crippen LogP contribution in [0.25, 0.3) is 0 Å². The summed E-state index contributed by atoms with van der Waals surface area (Å²) in [7, 11) is 0. The van der Waals surface area contributed by atoms with E-state index in [9.17, 15) is 4.79 Å². The molecule has 0 unspecified atom stereocenters. The first-order chi connectivity index (χ1) is 9.10. The van der Waals surface area contributed by atoms with E-state index < -0.39 is 0 Å². The van der Waals surface area contributed by atoms with E-state index in [-0.39, 0.29) is 0 Å². The van der Waals surface area contributed by atoms with E-state index in [0.717, 1.165) is 18.8 Å². The van der Waals surface area contributed by atoms with E-state index in [1.807, 2.05) is 0 Å². The van der Waals surface area contributed by atoms with Gasteiger partial charge >= 0.3 is 0 Å². The molecule has 0 aliphatic heterocycles. The third kappa shape index (κ3) is 3.68. The number of hydrogen-bond donors (Lipinski definition) is 0. The number of carbonyl (C=O) groups excluding carboxylic acids is 1. The molecule has 1 aliphatic carbocycles. The number of benzene rings is 1. The van der Waals surface area contributed by atoms with Crippen LogP contribution in [-0.2, 0) is 11.2 Å². The Morgan fingerprint density at radius 2 is 1.84 bits per heavy atom. The standard InChI is InChI=1S/C18H26O/c1-4-15-7-9-16(10-8-15)18(19)12-17-11-13(2)5-6-14(17)3/h5-6,11,15-16H,4,7-10,12H2,1-3H3. The Bertz CT molecular complexity index is 439. The molecule has 104 valence electrons. The van der Waals surface area contributed by atoms with Crippen LogP contribution < -0.4 is 0 Å². The van der Waals surface area contributed by atoms with E-state index in [1.165, 1.54) is 36.0 Å². The number of aryl methyl sites for hydroxylation is 2. The van der Waals surface area contributed by atoms with Gasteiger partial charge in [0.1, 0.15) is 5.78 Å². The van der Waals surface area contributed by atoms with Gasteiger partial charge in [-0.05, 0) is 56.6 Å². The summed E-state index contributed by atoms with van der Waals surface area (Å²) in [5.41, 5.74) is 3.73. The monoisotopic (exact) mass is 258 g/mol. The van der Waals surface area contributed by atoms with Gasteiger partial charge in [-0.15, -0.1) is 0 Å². The van der Waals surface area contributed by atoms with E-state index in [2.05, 4.69) is 39.0 Å². The molecular weight excluding hydrogens is 232 g/mol. The Morgan fingerprint density at radius 1 is 1.16 bits per heavy atom. The minimum absolute atomic E-state index is 0.322. The minimum Gasteiger partial charge on any atom is -0.299 e. The average Bonchev–Trinajstić information content (AvgIpc) is 2.43. The summed E-state index contributed by atoms with van der Waals surface area (Å²) in [5.74, 6) is 1.65. The topological polar surface area (TPSA) is 17.1 Å². The van der Waals surface area contributed by atoms with Crippen LogP contribution in [0.15, 0.2) is 18.2 Å². The summed E-state index contributed by atoms with van der Waals surface area (Å²) in [6.45, 7) is 6.47. The van der Waals surface area contributed by atoms with Crippen molar-refractivity contribution in [2.45, 2.75) is 59.3 Å². The SMILES string of the molecule is CCC1CCC(C(=O)Cc2cc(C)ccc2C)CC1. The molecule has 0 saturated heterocycles. The van der Waals surface area contributed by atoms with Crippen molar-refractivity contribution in [3.8, 4) is 0 Å². The van der Waals surface area contributed by atoms with Crippen molar-refractivity contribution in [1.29, 1.82) is 0 Å². The quantitative estimate of drug-likeness (QED) is 0.769. The number of ketones is 1. The second-order valence-electron chi connectivity index (χ2n) is 6.20. The summed E-state index contributed by atoms with van der Waals surface area (Å²) >= 11 is 0. The highest BCUT2D eigenvalue weighted by Crippen LogP contribution is 2.31. The molecule has 0 atom stereocenters. The fourth-order valence-corrected chi connectivity index (χ4v) is 3.22. The molecule has 19 heavy (non-hydrogen) atoms. The van der Waals surface area contributed by atoms with Crippen molar-refractivity contribution in [2.75, 3.05) is 0 Å². The lowest BCUT2D eigenvalue weighted by atomic mass is 9.78. The Labute approximate surface area is 117 Å². The second kappa shape index (κ2) is 6.36. The molecule has 0 radical (unpaired) electrons. The molecule has 1 fully saturated rings. The van der Waals surface area contributed by atoms with Crippen LogP contribution in [0.1, 0.15) is 55.7 Å². The first kappa shape index (κ1) is 14.3. The Balaban J connectivity index is 1.96. The summed E-state index contributed by atoms with van der Waals surface area (Å²) in [6, 6.07) is 6.42. The van der Waals surface area contributed by atoms with E-state index in [4.69, 9.17) is 0 Å². The smallest absolute Gasteiger partial charge is 0.140 e. The van der Waals surface area contributed by atoms with Crippen LogP contribution in [0.5, 0.6) is 0 Å². The van der Waals surface area contributed by atoms with E-state index in [0.29, 0.717) is 18.1 Å². The highest BCUT2D eigenvalue weighted by atomic mass is 16.1. The lowest BCUT2D eigenvalue weighted by Gasteiger charge is -2.27. The highest BCUT2D eigenvalue weighted by Gasteiger charge is 2.25. The van der Waals surface area contributed by atoms with Gasteiger partial charge in [0.25, 0.3) is 0 Å². The summed E-state index contributed by atoms with van der Waals surface area (Å²) in [6.07, 6.45) is 6.64. The van der Waals surface area contributed by atoms with Crippen LogP contribution in [-0.4, -0.2) is 5.78 Å². The molecule has 0 aromatic heterocycles. The predicted molar refractivity (Wildman–Crippen MR) is 80.4 cm³/mol. The summed E-state index contributed by atoms with van der Waals surface area (Å²) < 4.78 is 0. The first-order valence-electron chi connectivity index (χ1n) is 7.69. The van der Waals surface area contributed by atoms with Gasteiger partial charge < -0.3 is 0 Å². The van der Waals surface area contributed by atoms with Gasteiger partial charge in [0.15, 0.2) is 0 Å². The molecule has 2 rings (SSSR count). The number of Topliss-reactive ketones (excluding diaryl/α,β-unsaturated/α-hetero) is 1. The molecule has 0 bridgehead atoms. The van der Waals surface area contributed by atoms with Crippen LogP contribution in [0.4, 0.5) is 0 Å². The minimum atomic E-state index is 0.322. The molecule has 0 spiro atoms.